The van der Waals surface area contributed by atoms with Crippen molar-refractivity contribution in [1.82, 2.24) is 0 Å². The maximum absolute atomic E-state index is 12.5. The monoisotopic (exact) mass is 247 g/mol. The summed E-state index contributed by atoms with van der Waals surface area (Å²) in [7, 11) is 0. The quantitative estimate of drug-likeness (QED) is 0.595. The van der Waals surface area contributed by atoms with Crippen LogP contribution in [0.3, 0.4) is 0 Å². The molecule has 0 aliphatic carbocycles. The van der Waals surface area contributed by atoms with Gasteiger partial charge in [0.15, 0.2) is 5.78 Å². The van der Waals surface area contributed by atoms with Crippen LogP contribution in [0.25, 0.3) is 0 Å². The SMILES string of the molecule is N#Cc1ccc(C(=O)CCl)cc1C(F)(F)F. The van der Waals surface area contributed by atoms with Crippen LogP contribution in [0.15, 0.2) is 18.2 Å². The standard InChI is InChI=1S/C10H5ClF3NO/c11-4-9(16)6-1-2-7(5-15)8(3-6)10(12,13)14/h1-3H,4H2. The Bertz CT molecular complexity index is 462. The van der Waals surface area contributed by atoms with Gasteiger partial charge in [0.1, 0.15) is 0 Å². The Hall–Kier alpha value is -1.54. The zero-order chi connectivity index (χ0) is 12.3. The van der Waals surface area contributed by atoms with Crippen molar-refractivity contribution in [3.05, 3.63) is 34.9 Å². The van der Waals surface area contributed by atoms with Gasteiger partial charge in [0.25, 0.3) is 0 Å². The molecule has 0 N–H and O–H groups in total. The third-order valence-corrected chi connectivity index (χ3v) is 2.13. The molecule has 0 radical (unpaired) electrons. The molecule has 0 bridgehead atoms. The molecule has 0 aliphatic rings. The number of benzene rings is 1. The van der Waals surface area contributed by atoms with E-state index in [0.29, 0.717) is 6.07 Å². The molecule has 0 saturated heterocycles. The first-order valence-corrected chi connectivity index (χ1v) is 4.64. The average molecular weight is 248 g/mol. The first kappa shape index (κ1) is 12.5. The van der Waals surface area contributed by atoms with Crippen molar-refractivity contribution in [2.24, 2.45) is 0 Å². The van der Waals surface area contributed by atoms with Gasteiger partial charge >= 0.3 is 6.18 Å². The van der Waals surface area contributed by atoms with Gasteiger partial charge in [0.2, 0.25) is 0 Å². The Morgan fingerprint density at radius 3 is 2.50 bits per heavy atom. The van der Waals surface area contributed by atoms with Crippen LogP contribution < -0.4 is 0 Å². The number of alkyl halides is 4. The summed E-state index contributed by atoms with van der Waals surface area (Å²) >= 11 is 5.23. The minimum Gasteiger partial charge on any atom is -0.293 e. The van der Waals surface area contributed by atoms with Crippen LogP contribution in [0.5, 0.6) is 0 Å². The smallest absolute Gasteiger partial charge is 0.293 e. The fraction of sp³-hybridized carbons (Fsp3) is 0.200. The molecule has 0 aliphatic heterocycles. The lowest BCUT2D eigenvalue weighted by Gasteiger charge is -2.09. The minimum absolute atomic E-state index is 0.152. The van der Waals surface area contributed by atoms with Crippen LogP contribution in [0.2, 0.25) is 0 Å². The summed E-state index contributed by atoms with van der Waals surface area (Å²) < 4.78 is 37.5. The molecule has 84 valence electrons. The highest BCUT2D eigenvalue weighted by Crippen LogP contribution is 2.32. The van der Waals surface area contributed by atoms with Crippen molar-refractivity contribution in [2.75, 3.05) is 5.88 Å². The Balaban J connectivity index is 3.34. The van der Waals surface area contributed by atoms with Crippen LogP contribution >= 0.6 is 11.6 Å². The number of Topliss-reactive ketones (excluding diaryl/α,β-unsaturated/α-hetero) is 1. The molecule has 1 aromatic carbocycles. The Morgan fingerprint density at radius 1 is 1.44 bits per heavy atom. The summed E-state index contributed by atoms with van der Waals surface area (Å²) in [6.07, 6.45) is -4.66. The first-order chi connectivity index (χ1) is 7.40. The summed E-state index contributed by atoms with van der Waals surface area (Å²) in [5.74, 6) is -1.01. The second kappa shape index (κ2) is 4.54. The van der Waals surface area contributed by atoms with Gasteiger partial charge in [0, 0.05) is 5.56 Å². The maximum atomic E-state index is 12.5. The fourth-order valence-electron chi connectivity index (χ4n) is 1.13. The highest BCUT2D eigenvalue weighted by molar-refractivity contribution is 6.30. The van der Waals surface area contributed by atoms with Gasteiger partial charge in [-0.25, -0.2) is 0 Å². The zero-order valence-electron chi connectivity index (χ0n) is 7.81. The molecule has 0 saturated carbocycles. The van der Waals surface area contributed by atoms with E-state index in [1.165, 1.54) is 6.07 Å². The van der Waals surface area contributed by atoms with Gasteiger partial charge in [-0.15, -0.1) is 11.6 Å². The molecule has 6 heteroatoms. The normalized spacial score (nSPS) is 10.9. The maximum Gasteiger partial charge on any atom is 0.417 e. The number of carbonyl (C=O) groups is 1. The van der Waals surface area contributed by atoms with E-state index in [-0.39, 0.29) is 5.56 Å². The number of rotatable bonds is 2. The number of ketones is 1. The van der Waals surface area contributed by atoms with Crippen LogP contribution in [-0.2, 0) is 6.18 Å². The topological polar surface area (TPSA) is 40.9 Å². The molecule has 16 heavy (non-hydrogen) atoms. The van der Waals surface area contributed by atoms with E-state index in [1.54, 1.807) is 0 Å². The molecular formula is C10H5ClF3NO. The Morgan fingerprint density at radius 2 is 2.06 bits per heavy atom. The van der Waals surface area contributed by atoms with Crippen LogP contribution in [0.4, 0.5) is 13.2 Å². The molecule has 0 amide bonds. The van der Waals surface area contributed by atoms with Crippen molar-refractivity contribution in [1.29, 1.82) is 5.26 Å². The molecule has 0 unspecified atom stereocenters. The lowest BCUT2D eigenvalue weighted by atomic mass is 10.0. The van der Waals surface area contributed by atoms with Gasteiger partial charge in [-0.1, -0.05) is 6.07 Å². The van der Waals surface area contributed by atoms with Crippen LogP contribution in [-0.4, -0.2) is 11.7 Å². The zero-order valence-corrected chi connectivity index (χ0v) is 8.56. The van der Waals surface area contributed by atoms with Crippen molar-refractivity contribution in [3.8, 4) is 6.07 Å². The number of hydrogen-bond donors (Lipinski definition) is 0. The average Bonchev–Trinajstić information content (AvgIpc) is 2.26. The number of halogens is 4. The largest absolute Gasteiger partial charge is 0.417 e. The number of nitrogens with zero attached hydrogens (tertiary/aromatic N) is 1. The molecule has 0 aromatic heterocycles. The Labute approximate surface area is 94.2 Å². The van der Waals surface area contributed by atoms with Crippen LogP contribution in [0.1, 0.15) is 21.5 Å². The highest BCUT2D eigenvalue weighted by atomic mass is 35.5. The first-order valence-electron chi connectivity index (χ1n) is 4.10. The van der Waals surface area contributed by atoms with Crippen molar-refractivity contribution in [3.63, 3.8) is 0 Å². The third-order valence-electron chi connectivity index (χ3n) is 1.89. The summed E-state index contributed by atoms with van der Waals surface area (Å²) in [6, 6.07) is 4.18. The fourth-order valence-corrected chi connectivity index (χ4v) is 1.28. The minimum atomic E-state index is -4.66. The molecular weight excluding hydrogens is 243 g/mol. The number of nitriles is 1. The van der Waals surface area contributed by atoms with Gasteiger partial charge in [-0.3, -0.25) is 4.79 Å². The van der Waals surface area contributed by atoms with Gasteiger partial charge in [-0.05, 0) is 12.1 Å². The molecule has 0 spiro atoms. The lowest BCUT2D eigenvalue weighted by Crippen LogP contribution is -2.10. The van der Waals surface area contributed by atoms with E-state index in [0.717, 1.165) is 12.1 Å². The molecule has 0 heterocycles. The number of carbonyl (C=O) groups excluding carboxylic acids is 1. The second-order valence-electron chi connectivity index (χ2n) is 2.93. The molecule has 0 fully saturated rings. The second-order valence-corrected chi connectivity index (χ2v) is 3.19. The summed E-state index contributed by atoms with van der Waals surface area (Å²) in [6.45, 7) is 0. The van der Waals surface area contributed by atoms with E-state index >= 15 is 0 Å². The van der Waals surface area contributed by atoms with E-state index in [4.69, 9.17) is 16.9 Å². The van der Waals surface area contributed by atoms with Gasteiger partial charge in [0.05, 0.1) is 23.1 Å². The van der Waals surface area contributed by atoms with Gasteiger partial charge in [-0.2, -0.15) is 18.4 Å². The van der Waals surface area contributed by atoms with Crippen LogP contribution in [0, 0.1) is 11.3 Å². The summed E-state index contributed by atoms with van der Waals surface area (Å²) in [4.78, 5) is 11.1. The molecule has 1 aromatic rings. The molecule has 2 nitrogen and oxygen atoms in total. The van der Waals surface area contributed by atoms with E-state index in [9.17, 15) is 18.0 Å². The van der Waals surface area contributed by atoms with Crippen molar-refractivity contribution in [2.45, 2.75) is 6.18 Å². The molecule has 0 atom stereocenters. The number of hydrogen-bond acceptors (Lipinski definition) is 2. The van der Waals surface area contributed by atoms with Crippen molar-refractivity contribution >= 4 is 17.4 Å². The Kier molecular flexibility index (Phi) is 3.55. The van der Waals surface area contributed by atoms with E-state index in [1.807, 2.05) is 0 Å². The van der Waals surface area contributed by atoms with Crippen molar-refractivity contribution < 1.29 is 18.0 Å². The predicted molar refractivity (Wildman–Crippen MR) is 51.2 cm³/mol. The lowest BCUT2D eigenvalue weighted by molar-refractivity contribution is -0.137. The van der Waals surface area contributed by atoms with Gasteiger partial charge < -0.3 is 0 Å². The van der Waals surface area contributed by atoms with E-state index in [2.05, 4.69) is 0 Å². The molecule has 1 rings (SSSR count). The summed E-state index contributed by atoms with van der Waals surface area (Å²) in [5, 5.41) is 8.51. The predicted octanol–water partition coefficient (Wildman–Crippen LogP) is 3.00. The van der Waals surface area contributed by atoms with E-state index < -0.39 is 29.0 Å². The summed E-state index contributed by atoms with van der Waals surface area (Å²) in [5.41, 5.74) is -1.79. The third kappa shape index (κ3) is 2.52. The highest BCUT2D eigenvalue weighted by Gasteiger charge is 2.34.